The second-order valence-corrected chi connectivity index (χ2v) is 6.01. The van der Waals surface area contributed by atoms with Crippen LogP contribution in [0.15, 0.2) is 0 Å². The summed E-state index contributed by atoms with van der Waals surface area (Å²) in [5.74, 6) is 0.890. The van der Waals surface area contributed by atoms with Crippen molar-refractivity contribution in [3.05, 3.63) is 5.25 Å². The summed E-state index contributed by atoms with van der Waals surface area (Å²) in [4.78, 5) is 10.3. The van der Waals surface area contributed by atoms with Crippen LogP contribution in [0.4, 0.5) is 0 Å². The Hall–Kier alpha value is -0.0200. The Labute approximate surface area is 117 Å². The van der Waals surface area contributed by atoms with Crippen molar-refractivity contribution in [1.29, 1.82) is 0 Å². The van der Waals surface area contributed by atoms with Crippen molar-refractivity contribution in [3.8, 4) is 0 Å². The lowest BCUT2D eigenvalue weighted by molar-refractivity contribution is -0.105. The molecule has 0 bridgehead atoms. The Bertz CT molecular complexity index is 174. The number of hydrogen-bond acceptors (Lipinski definition) is 3. The maximum Gasteiger partial charge on any atom is 0.137 e. The first-order chi connectivity index (χ1) is 8.81. The van der Waals surface area contributed by atoms with Crippen LogP contribution in [0.3, 0.4) is 0 Å². The number of ether oxygens (including phenoxy) is 1. The molecule has 0 saturated heterocycles. The molecule has 0 N–H and O–H groups in total. The van der Waals surface area contributed by atoms with Gasteiger partial charge in [-0.2, -0.15) is 0 Å². The fourth-order valence-corrected chi connectivity index (χ4v) is 2.33. The maximum atomic E-state index is 10.3. The van der Waals surface area contributed by atoms with Gasteiger partial charge < -0.3 is 9.53 Å². The molecule has 0 unspecified atom stereocenters. The van der Waals surface area contributed by atoms with Crippen LogP contribution in [-0.4, -0.2) is 25.3 Å². The van der Waals surface area contributed by atoms with Crippen LogP contribution in [-0.2, 0) is 9.53 Å². The molecule has 1 radical (unpaired) electrons. The van der Waals surface area contributed by atoms with Gasteiger partial charge in [0.1, 0.15) is 6.29 Å². The van der Waals surface area contributed by atoms with E-state index in [0.29, 0.717) is 0 Å². The quantitative estimate of drug-likeness (QED) is 0.341. The van der Waals surface area contributed by atoms with Gasteiger partial charge >= 0.3 is 0 Å². The predicted octanol–water partition coefficient (Wildman–Crippen LogP) is 4.63. The average molecular weight is 273 g/mol. The molecule has 0 aromatic carbocycles. The van der Waals surface area contributed by atoms with E-state index in [1.54, 1.807) is 11.8 Å². The highest BCUT2D eigenvalue weighted by Gasteiger charge is 1.99. The number of hydrogen-bond donors (Lipinski definition) is 0. The highest BCUT2D eigenvalue weighted by atomic mass is 32.2. The van der Waals surface area contributed by atoms with E-state index in [-0.39, 0.29) is 0 Å². The summed E-state index contributed by atoms with van der Waals surface area (Å²) in [7, 11) is 0. The molecular formula is C15H29O2S. The topological polar surface area (TPSA) is 26.3 Å². The van der Waals surface area contributed by atoms with Crippen LogP contribution in [0.1, 0.15) is 65.2 Å². The number of aldehydes is 1. The molecule has 0 aliphatic rings. The highest BCUT2D eigenvalue weighted by molar-refractivity contribution is 8.02. The molecule has 0 saturated carbocycles. The second kappa shape index (κ2) is 15.0. The third kappa shape index (κ3) is 14.0. The first-order valence-corrected chi connectivity index (χ1v) is 8.29. The van der Waals surface area contributed by atoms with Gasteiger partial charge in [0.05, 0.1) is 11.9 Å². The highest BCUT2D eigenvalue weighted by Crippen LogP contribution is 2.14. The maximum absolute atomic E-state index is 10.3. The van der Waals surface area contributed by atoms with E-state index in [9.17, 15) is 4.79 Å². The zero-order valence-corrected chi connectivity index (χ0v) is 12.9. The summed E-state index contributed by atoms with van der Waals surface area (Å²) in [6, 6.07) is 0. The fraction of sp³-hybridized carbons (Fsp3) is 0.867. The Morgan fingerprint density at radius 1 is 1.00 bits per heavy atom. The fourth-order valence-electron chi connectivity index (χ4n) is 1.74. The van der Waals surface area contributed by atoms with Crippen molar-refractivity contribution >= 4 is 18.0 Å². The van der Waals surface area contributed by atoms with Crippen LogP contribution < -0.4 is 0 Å². The van der Waals surface area contributed by atoms with Gasteiger partial charge in [-0.1, -0.05) is 51.9 Å². The van der Waals surface area contributed by atoms with Gasteiger partial charge in [-0.3, -0.25) is 0 Å². The summed E-state index contributed by atoms with van der Waals surface area (Å²) in [5, 5.41) is 0.839. The first-order valence-electron chi connectivity index (χ1n) is 7.30. The van der Waals surface area contributed by atoms with E-state index in [0.717, 1.165) is 30.5 Å². The molecule has 0 atom stereocenters. The number of rotatable bonds is 14. The van der Waals surface area contributed by atoms with Gasteiger partial charge in [0.2, 0.25) is 0 Å². The minimum Gasteiger partial charge on any atom is -0.381 e. The van der Waals surface area contributed by atoms with Crippen LogP contribution in [0.2, 0.25) is 0 Å². The molecule has 0 fully saturated rings. The molecule has 107 valence electrons. The molecule has 0 aromatic rings. The van der Waals surface area contributed by atoms with Crippen molar-refractivity contribution in [1.82, 2.24) is 0 Å². The minimum absolute atomic E-state index is 0.756. The zero-order valence-electron chi connectivity index (χ0n) is 12.1. The van der Waals surface area contributed by atoms with Crippen molar-refractivity contribution < 1.29 is 9.53 Å². The van der Waals surface area contributed by atoms with Crippen LogP contribution >= 0.6 is 11.8 Å². The predicted molar refractivity (Wildman–Crippen MR) is 80.9 cm³/mol. The van der Waals surface area contributed by atoms with E-state index in [1.165, 1.54) is 51.4 Å². The lowest BCUT2D eigenvalue weighted by Gasteiger charge is -2.05. The first kappa shape index (κ1) is 18.0. The monoisotopic (exact) mass is 273 g/mol. The molecule has 0 spiro atoms. The van der Waals surface area contributed by atoms with Gasteiger partial charge in [-0.25, -0.2) is 0 Å². The van der Waals surface area contributed by atoms with Crippen LogP contribution in [0.5, 0.6) is 0 Å². The largest absolute Gasteiger partial charge is 0.381 e. The minimum atomic E-state index is 0.756. The normalized spacial score (nSPS) is 11.1. The van der Waals surface area contributed by atoms with Crippen molar-refractivity contribution in [2.24, 2.45) is 0 Å². The number of unbranched alkanes of at least 4 members (excludes halogenated alkanes) is 7. The lowest BCUT2D eigenvalue weighted by Crippen LogP contribution is -2.01. The molecule has 0 aliphatic heterocycles. The summed E-state index contributed by atoms with van der Waals surface area (Å²) in [6.45, 7) is 5.72. The zero-order chi connectivity index (χ0) is 13.5. The summed E-state index contributed by atoms with van der Waals surface area (Å²) < 4.78 is 5.52. The molecule has 0 amide bonds. The smallest absolute Gasteiger partial charge is 0.137 e. The van der Waals surface area contributed by atoms with E-state index < -0.39 is 0 Å². The van der Waals surface area contributed by atoms with Crippen molar-refractivity contribution in [3.63, 3.8) is 0 Å². The molecule has 0 heterocycles. The molecular weight excluding hydrogens is 244 g/mol. The Balaban J connectivity index is 2.96. The summed E-state index contributed by atoms with van der Waals surface area (Å²) >= 11 is 1.58. The van der Waals surface area contributed by atoms with Crippen molar-refractivity contribution in [2.75, 3.05) is 19.0 Å². The van der Waals surface area contributed by atoms with Gasteiger partial charge in [0, 0.05) is 12.4 Å². The standard InChI is InChI=1S/C15H29O2S/c1-3-4-5-6-7-8-9-10-11-17-12-13-18-15(2)14-16/h14H,3-13H2,1-2H3. The third-order valence-electron chi connectivity index (χ3n) is 2.87. The lowest BCUT2D eigenvalue weighted by atomic mass is 10.1. The molecule has 2 nitrogen and oxygen atoms in total. The summed E-state index contributed by atoms with van der Waals surface area (Å²) in [5.41, 5.74) is 0. The van der Waals surface area contributed by atoms with Crippen LogP contribution in [0, 0.1) is 5.25 Å². The third-order valence-corrected chi connectivity index (χ3v) is 3.79. The van der Waals surface area contributed by atoms with Gasteiger partial charge in [0.25, 0.3) is 0 Å². The number of thioether (sulfide) groups is 1. The van der Waals surface area contributed by atoms with Gasteiger partial charge in [-0.15, -0.1) is 11.8 Å². The molecule has 0 aromatic heterocycles. The van der Waals surface area contributed by atoms with Crippen molar-refractivity contribution in [2.45, 2.75) is 65.2 Å². The molecule has 0 rings (SSSR count). The van der Waals surface area contributed by atoms with E-state index in [1.807, 2.05) is 6.92 Å². The second-order valence-electron chi connectivity index (χ2n) is 4.66. The Kier molecular flexibility index (Phi) is 15.0. The van der Waals surface area contributed by atoms with E-state index >= 15 is 0 Å². The van der Waals surface area contributed by atoms with E-state index in [2.05, 4.69) is 6.92 Å². The van der Waals surface area contributed by atoms with Gasteiger partial charge in [0.15, 0.2) is 0 Å². The van der Waals surface area contributed by atoms with E-state index in [4.69, 9.17) is 4.74 Å². The number of carbonyl (C=O) groups excluding carboxylic acids is 1. The Morgan fingerprint density at radius 2 is 1.61 bits per heavy atom. The summed E-state index contributed by atoms with van der Waals surface area (Å²) in [6.07, 6.45) is 11.6. The SMILES string of the molecule is CCCCCCCCCCOCCS[C](C)C=O. The van der Waals surface area contributed by atoms with Crippen LogP contribution in [0.25, 0.3) is 0 Å². The van der Waals surface area contributed by atoms with Gasteiger partial charge in [-0.05, 0) is 13.3 Å². The molecule has 3 heteroatoms. The average Bonchev–Trinajstić information content (AvgIpc) is 2.39. The number of carbonyl (C=O) groups is 1. The molecule has 18 heavy (non-hydrogen) atoms. The molecule has 0 aliphatic carbocycles. The Morgan fingerprint density at radius 3 is 2.22 bits per heavy atom.